The van der Waals surface area contributed by atoms with Gasteiger partial charge in [-0.3, -0.25) is 0 Å². The Kier molecular flexibility index (Phi) is 3.06. The lowest BCUT2D eigenvalue weighted by molar-refractivity contribution is 0.0198. The zero-order valence-electron chi connectivity index (χ0n) is 11.1. The maximum atomic E-state index is 10.9. The van der Waals surface area contributed by atoms with Crippen LogP contribution in [0.2, 0.25) is 0 Å². The fraction of sp³-hybridized carbons (Fsp3) is 0.625. The molecule has 1 aromatic carbocycles. The van der Waals surface area contributed by atoms with Crippen LogP contribution in [0.5, 0.6) is 5.75 Å². The lowest BCUT2D eigenvalue weighted by Gasteiger charge is -2.27. The molecule has 2 atom stereocenters. The van der Waals surface area contributed by atoms with Crippen LogP contribution in [0.4, 0.5) is 0 Å². The molecule has 2 unspecified atom stereocenters. The molecule has 2 nitrogen and oxygen atoms in total. The summed E-state index contributed by atoms with van der Waals surface area (Å²) in [5, 5.41) is 10.9. The van der Waals surface area contributed by atoms with E-state index in [0.717, 1.165) is 55.9 Å². The van der Waals surface area contributed by atoms with Crippen molar-refractivity contribution in [2.45, 2.75) is 51.0 Å². The molecule has 0 amide bonds. The molecule has 0 spiro atoms. The van der Waals surface area contributed by atoms with E-state index in [9.17, 15) is 5.11 Å². The number of rotatable bonds is 1. The molecule has 3 rings (SSSR count). The monoisotopic (exact) mass is 246 g/mol. The van der Waals surface area contributed by atoms with Crippen LogP contribution in [0, 0.1) is 5.92 Å². The van der Waals surface area contributed by atoms with E-state index in [1.54, 1.807) is 0 Å². The molecule has 0 radical (unpaired) electrons. The van der Waals surface area contributed by atoms with Gasteiger partial charge in [-0.05, 0) is 54.9 Å². The summed E-state index contributed by atoms with van der Waals surface area (Å²) in [6.07, 6.45) is 6.28. The van der Waals surface area contributed by atoms with Crippen LogP contribution in [-0.2, 0) is 12.0 Å². The summed E-state index contributed by atoms with van der Waals surface area (Å²) in [5.41, 5.74) is 1.75. The van der Waals surface area contributed by atoms with Crippen molar-refractivity contribution in [1.29, 1.82) is 0 Å². The molecule has 0 bridgehead atoms. The summed E-state index contributed by atoms with van der Waals surface area (Å²) in [5.74, 6) is 1.75. The van der Waals surface area contributed by atoms with E-state index in [0.29, 0.717) is 0 Å². The largest absolute Gasteiger partial charge is 0.493 e. The van der Waals surface area contributed by atoms with E-state index in [1.807, 2.05) is 6.07 Å². The lowest BCUT2D eigenvalue weighted by atomic mass is 9.85. The van der Waals surface area contributed by atoms with Gasteiger partial charge >= 0.3 is 0 Å². The summed E-state index contributed by atoms with van der Waals surface area (Å²) >= 11 is 0. The average molecular weight is 246 g/mol. The predicted molar refractivity (Wildman–Crippen MR) is 71.8 cm³/mol. The normalized spacial score (nSPS) is 31.6. The molecule has 2 heteroatoms. The van der Waals surface area contributed by atoms with Crippen molar-refractivity contribution in [2.24, 2.45) is 5.92 Å². The van der Waals surface area contributed by atoms with Crippen molar-refractivity contribution >= 4 is 0 Å². The van der Waals surface area contributed by atoms with Crippen molar-refractivity contribution in [2.75, 3.05) is 6.61 Å². The first-order valence-electron chi connectivity index (χ1n) is 7.16. The highest BCUT2D eigenvalue weighted by atomic mass is 16.5. The number of hydrogen-bond donors (Lipinski definition) is 1. The summed E-state index contributed by atoms with van der Waals surface area (Å²) in [6, 6.07) is 6.25. The predicted octanol–water partition coefficient (Wildman–Crippen LogP) is 3.41. The van der Waals surface area contributed by atoms with Gasteiger partial charge in [0.05, 0.1) is 12.2 Å². The minimum atomic E-state index is -0.609. The number of aliphatic hydroxyl groups is 1. The second-order valence-corrected chi connectivity index (χ2v) is 5.99. The Balaban J connectivity index is 1.88. The Morgan fingerprint density at radius 2 is 2.17 bits per heavy atom. The Bertz CT molecular complexity index is 441. The van der Waals surface area contributed by atoms with Crippen molar-refractivity contribution in [3.05, 3.63) is 29.3 Å². The standard InChI is InChI=1S/C16H22O2/c1-12-3-2-8-16(17,9-6-12)14-4-5-15-13(11-14)7-10-18-15/h4-5,11-12,17H,2-3,6-10H2,1H3. The van der Waals surface area contributed by atoms with Crippen LogP contribution in [0.1, 0.15) is 50.2 Å². The summed E-state index contributed by atoms with van der Waals surface area (Å²) in [4.78, 5) is 0. The highest BCUT2D eigenvalue weighted by Crippen LogP contribution is 2.39. The first kappa shape index (κ1) is 12.0. The first-order chi connectivity index (χ1) is 8.67. The first-order valence-corrected chi connectivity index (χ1v) is 7.16. The Hall–Kier alpha value is -1.02. The molecule has 0 saturated heterocycles. The molecule has 1 aliphatic carbocycles. The molecule has 0 aromatic heterocycles. The molecular weight excluding hydrogens is 224 g/mol. The summed E-state index contributed by atoms with van der Waals surface area (Å²) in [7, 11) is 0. The van der Waals surface area contributed by atoms with Crippen LogP contribution in [0.25, 0.3) is 0 Å². The van der Waals surface area contributed by atoms with Gasteiger partial charge in [0.2, 0.25) is 0 Å². The van der Waals surface area contributed by atoms with E-state index in [-0.39, 0.29) is 0 Å². The lowest BCUT2D eigenvalue weighted by Crippen LogP contribution is -2.24. The third kappa shape index (κ3) is 2.14. The molecule has 1 heterocycles. The van der Waals surface area contributed by atoms with Crippen molar-refractivity contribution < 1.29 is 9.84 Å². The van der Waals surface area contributed by atoms with Gasteiger partial charge in [0, 0.05) is 6.42 Å². The van der Waals surface area contributed by atoms with E-state index >= 15 is 0 Å². The van der Waals surface area contributed by atoms with Gasteiger partial charge in [-0.2, -0.15) is 0 Å². The highest BCUT2D eigenvalue weighted by molar-refractivity contribution is 5.41. The van der Waals surface area contributed by atoms with Gasteiger partial charge in [-0.15, -0.1) is 0 Å². The van der Waals surface area contributed by atoms with E-state index in [2.05, 4.69) is 19.1 Å². The fourth-order valence-corrected chi connectivity index (χ4v) is 3.26. The van der Waals surface area contributed by atoms with Gasteiger partial charge in [0.1, 0.15) is 5.75 Å². The van der Waals surface area contributed by atoms with E-state index in [4.69, 9.17) is 4.74 Å². The van der Waals surface area contributed by atoms with Gasteiger partial charge in [-0.25, -0.2) is 0 Å². The van der Waals surface area contributed by atoms with Crippen LogP contribution < -0.4 is 4.74 Å². The van der Waals surface area contributed by atoms with Gasteiger partial charge < -0.3 is 9.84 Å². The second-order valence-electron chi connectivity index (χ2n) is 5.99. The maximum Gasteiger partial charge on any atom is 0.122 e. The Morgan fingerprint density at radius 1 is 1.28 bits per heavy atom. The third-order valence-corrected chi connectivity index (χ3v) is 4.56. The van der Waals surface area contributed by atoms with Crippen molar-refractivity contribution in [3.8, 4) is 5.75 Å². The summed E-state index contributed by atoms with van der Waals surface area (Å²) in [6.45, 7) is 3.08. The third-order valence-electron chi connectivity index (χ3n) is 4.56. The van der Waals surface area contributed by atoms with Crippen LogP contribution in [-0.4, -0.2) is 11.7 Å². The molecule has 1 N–H and O–H groups in total. The smallest absolute Gasteiger partial charge is 0.122 e. The zero-order valence-corrected chi connectivity index (χ0v) is 11.1. The zero-order chi connectivity index (χ0) is 12.6. The number of hydrogen-bond acceptors (Lipinski definition) is 2. The second kappa shape index (κ2) is 4.58. The Labute approximate surface area is 109 Å². The quantitative estimate of drug-likeness (QED) is 0.769. The molecular formula is C16H22O2. The number of ether oxygens (including phenoxy) is 1. The highest BCUT2D eigenvalue weighted by Gasteiger charge is 2.32. The average Bonchev–Trinajstić information content (AvgIpc) is 2.76. The topological polar surface area (TPSA) is 29.5 Å². The minimum absolute atomic E-state index is 0.609. The van der Waals surface area contributed by atoms with E-state index < -0.39 is 5.60 Å². The molecule has 2 aliphatic rings. The molecule has 1 fully saturated rings. The van der Waals surface area contributed by atoms with Gasteiger partial charge in [0.25, 0.3) is 0 Å². The number of fused-ring (bicyclic) bond motifs is 1. The van der Waals surface area contributed by atoms with Gasteiger partial charge in [-0.1, -0.05) is 19.4 Å². The number of benzene rings is 1. The molecule has 1 aliphatic heterocycles. The fourth-order valence-electron chi connectivity index (χ4n) is 3.26. The van der Waals surface area contributed by atoms with Crippen molar-refractivity contribution in [3.63, 3.8) is 0 Å². The maximum absolute atomic E-state index is 10.9. The molecule has 98 valence electrons. The SMILES string of the molecule is CC1CCCC(O)(c2ccc3c(c2)CCO3)CC1. The van der Waals surface area contributed by atoms with Crippen LogP contribution >= 0.6 is 0 Å². The van der Waals surface area contributed by atoms with Gasteiger partial charge in [0.15, 0.2) is 0 Å². The Morgan fingerprint density at radius 3 is 3.06 bits per heavy atom. The molecule has 18 heavy (non-hydrogen) atoms. The minimum Gasteiger partial charge on any atom is -0.493 e. The van der Waals surface area contributed by atoms with Crippen LogP contribution in [0.3, 0.4) is 0 Å². The molecule has 1 saturated carbocycles. The molecule has 1 aromatic rings. The van der Waals surface area contributed by atoms with E-state index in [1.165, 1.54) is 12.0 Å². The van der Waals surface area contributed by atoms with Crippen LogP contribution in [0.15, 0.2) is 18.2 Å². The summed E-state index contributed by atoms with van der Waals surface area (Å²) < 4.78 is 5.53. The van der Waals surface area contributed by atoms with Crippen molar-refractivity contribution in [1.82, 2.24) is 0 Å².